The van der Waals surface area contributed by atoms with E-state index in [1.807, 2.05) is 48.9 Å². The van der Waals surface area contributed by atoms with Gasteiger partial charge in [0.05, 0.1) is 11.4 Å². The average Bonchev–Trinajstić information content (AvgIpc) is 3.32. The van der Waals surface area contributed by atoms with Crippen molar-refractivity contribution in [3.05, 3.63) is 53.4 Å². The summed E-state index contributed by atoms with van der Waals surface area (Å²) in [6.07, 6.45) is 6.82. The molecule has 0 radical (unpaired) electrons. The van der Waals surface area contributed by atoms with E-state index < -0.39 is 0 Å². The van der Waals surface area contributed by atoms with Crippen LogP contribution in [0, 0.1) is 13.8 Å². The fourth-order valence-corrected chi connectivity index (χ4v) is 3.58. The summed E-state index contributed by atoms with van der Waals surface area (Å²) in [7, 11) is 0. The number of aromatic nitrogens is 5. The molecule has 2 N–H and O–H groups in total. The summed E-state index contributed by atoms with van der Waals surface area (Å²) in [5, 5.41) is 14.3. The summed E-state index contributed by atoms with van der Waals surface area (Å²) >= 11 is 0. The molecule has 1 saturated heterocycles. The van der Waals surface area contributed by atoms with Crippen LogP contribution in [0.5, 0.6) is 0 Å². The molecule has 3 aromatic rings. The van der Waals surface area contributed by atoms with Crippen molar-refractivity contribution in [1.29, 1.82) is 0 Å². The maximum atomic E-state index is 12.3. The van der Waals surface area contributed by atoms with Crippen molar-refractivity contribution >= 4 is 23.9 Å². The van der Waals surface area contributed by atoms with Gasteiger partial charge in [0.15, 0.2) is 0 Å². The molecule has 1 aromatic carbocycles. The Hall–Kier alpha value is -3.42. The third-order valence-corrected chi connectivity index (χ3v) is 5.10. The first-order valence-electron chi connectivity index (χ1n) is 9.90. The highest BCUT2D eigenvalue weighted by atomic mass is 16.1. The van der Waals surface area contributed by atoms with Crippen LogP contribution in [0.4, 0.5) is 11.9 Å². The number of hydrogen-bond donors (Lipinski definition) is 2. The third kappa shape index (κ3) is 4.21. The molecule has 1 fully saturated rings. The second kappa shape index (κ2) is 8.30. The SMILES string of the molecule is Cc1nn(-c2ccccc2)c(C)c1/C=C/C(=O)Nc1nc(N2CCCCC2)n[nH]1. The summed E-state index contributed by atoms with van der Waals surface area (Å²) in [6, 6.07) is 9.93. The number of piperidine rings is 1. The Labute approximate surface area is 169 Å². The number of anilines is 2. The van der Waals surface area contributed by atoms with Crippen LogP contribution in [0.2, 0.25) is 0 Å². The Balaban J connectivity index is 1.44. The predicted molar refractivity (Wildman–Crippen MR) is 113 cm³/mol. The van der Waals surface area contributed by atoms with Crippen molar-refractivity contribution in [3.63, 3.8) is 0 Å². The van der Waals surface area contributed by atoms with E-state index in [2.05, 4.69) is 30.5 Å². The second-order valence-electron chi connectivity index (χ2n) is 7.19. The monoisotopic (exact) mass is 391 g/mol. The zero-order valence-electron chi connectivity index (χ0n) is 16.7. The van der Waals surface area contributed by atoms with E-state index in [1.54, 1.807) is 6.08 Å². The Morgan fingerprint density at radius 3 is 2.66 bits per heavy atom. The van der Waals surface area contributed by atoms with E-state index in [-0.39, 0.29) is 5.91 Å². The Kier molecular flexibility index (Phi) is 5.41. The quantitative estimate of drug-likeness (QED) is 0.652. The first kappa shape index (κ1) is 18.9. The van der Waals surface area contributed by atoms with Crippen LogP contribution in [-0.4, -0.2) is 44.0 Å². The van der Waals surface area contributed by atoms with Gasteiger partial charge in [0.1, 0.15) is 0 Å². The van der Waals surface area contributed by atoms with E-state index >= 15 is 0 Å². The highest BCUT2D eigenvalue weighted by Gasteiger charge is 2.16. The normalized spacial score (nSPS) is 14.5. The Morgan fingerprint density at radius 1 is 1.14 bits per heavy atom. The van der Waals surface area contributed by atoms with Gasteiger partial charge in [0.25, 0.3) is 5.91 Å². The van der Waals surface area contributed by atoms with Gasteiger partial charge in [-0.15, -0.1) is 5.10 Å². The first-order valence-corrected chi connectivity index (χ1v) is 9.90. The van der Waals surface area contributed by atoms with E-state index in [1.165, 1.54) is 12.5 Å². The highest BCUT2D eigenvalue weighted by Crippen LogP contribution is 2.19. The molecule has 2 aromatic heterocycles. The fraction of sp³-hybridized carbons (Fsp3) is 0.333. The standard InChI is InChI=1S/C21H25N7O/c1-15-18(16(2)28(26-15)17-9-5-3-6-10-17)11-12-19(29)22-20-23-21(25-24-20)27-13-7-4-8-14-27/h3,5-6,9-12H,4,7-8,13-14H2,1-2H3,(H2,22,23,24,25,29)/b12-11+. The van der Waals surface area contributed by atoms with Crippen molar-refractivity contribution in [2.75, 3.05) is 23.3 Å². The molecule has 0 unspecified atom stereocenters. The number of carbonyl (C=O) groups is 1. The van der Waals surface area contributed by atoms with Crippen LogP contribution < -0.4 is 10.2 Å². The molecular formula is C21H25N7O. The Bertz CT molecular complexity index is 1010. The molecule has 1 aliphatic heterocycles. The van der Waals surface area contributed by atoms with Crippen LogP contribution in [0.1, 0.15) is 36.2 Å². The number of amides is 1. The lowest BCUT2D eigenvalue weighted by Gasteiger charge is -2.24. The van der Waals surface area contributed by atoms with Gasteiger partial charge in [-0.25, -0.2) is 9.78 Å². The molecule has 3 heterocycles. The lowest BCUT2D eigenvalue weighted by molar-refractivity contribution is -0.111. The molecule has 0 saturated carbocycles. The van der Waals surface area contributed by atoms with Gasteiger partial charge < -0.3 is 4.90 Å². The van der Waals surface area contributed by atoms with Crippen molar-refractivity contribution in [2.24, 2.45) is 0 Å². The van der Waals surface area contributed by atoms with Crippen molar-refractivity contribution in [3.8, 4) is 5.69 Å². The van der Waals surface area contributed by atoms with Crippen LogP contribution in [0.25, 0.3) is 11.8 Å². The summed E-state index contributed by atoms with van der Waals surface area (Å²) < 4.78 is 1.88. The molecule has 8 heteroatoms. The number of benzene rings is 1. The molecule has 0 spiro atoms. The lowest BCUT2D eigenvalue weighted by atomic mass is 10.1. The zero-order valence-corrected chi connectivity index (χ0v) is 16.7. The van der Waals surface area contributed by atoms with Gasteiger partial charge in [-0.3, -0.25) is 10.1 Å². The van der Waals surface area contributed by atoms with E-state index in [4.69, 9.17) is 0 Å². The van der Waals surface area contributed by atoms with Gasteiger partial charge in [-0.1, -0.05) is 18.2 Å². The maximum Gasteiger partial charge on any atom is 0.250 e. The fourth-order valence-electron chi connectivity index (χ4n) is 3.58. The summed E-state index contributed by atoms with van der Waals surface area (Å²) in [6.45, 7) is 5.83. The van der Waals surface area contributed by atoms with Crippen LogP contribution in [-0.2, 0) is 4.79 Å². The predicted octanol–water partition coefficient (Wildman–Crippen LogP) is 3.25. The number of aryl methyl sites for hydroxylation is 1. The Morgan fingerprint density at radius 2 is 1.90 bits per heavy atom. The van der Waals surface area contributed by atoms with E-state index in [0.717, 1.165) is 48.6 Å². The van der Waals surface area contributed by atoms with Crippen molar-refractivity contribution < 1.29 is 4.79 Å². The lowest BCUT2D eigenvalue weighted by Crippen LogP contribution is -2.30. The smallest absolute Gasteiger partial charge is 0.250 e. The van der Waals surface area contributed by atoms with Crippen molar-refractivity contribution in [2.45, 2.75) is 33.1 Å². The molecule has 8 nitrogen and oxygen atoms in total. The third-order valence-electron chi connectivity index (χ3n) is 5.10. The largest absolute Gasteiger partial charge is 0.340 e. The van der Waals surface area contributed by atoms with Gasteiger partial charge >= 0.3 is 0 Å². The topological polar surface area (TPSA) is 91.7 Å². The molecule has 150 valence electrons. The zero-order chi connectivity index (χ0) is 20.2. The average molecular weight is 391 g/mol. The van der Waals surface area contributed by atoms with Crippen LogP contribution in [0.3, 0.4) is 0 Å². The molecular weight excluding hydrogens is 366 g/mol. The number of aromatic amines is 1. The van der Waals surface area contributed by atoms with E-state index in [9.17, 15) is 4.79 Å². The van der Waals surface area contributed by atoms with Gasteiger partial charge in [0.2, 0.25) is 11.9 Å². The van der Waals surface area contributed by atoms with Gasteiger partial charge in [-0.05, 0) is 51.3 Å². The summed E-state index contributed by atoms with van der Waals surface area (Å²) in [5.74, 6) is 0.728. The second-order valence-corrected chi connectivity index (χ2v) is 7.19. The first-order chi connectivity index (χ1) is 14.1. The molecule has 1 amide bonds. The number of H-pyrrole nitrogens is 1. The molecule has 29 heavy (non-hydrogen) atoms. The van der Waals surface area contributed by atoms with E-state index in [0.29, 0.717) is 11.9 Å². The van der Waals surface area contributed by atoms with Gasteiger partial charge in [-0.2, -0.15) is 10.1 Å². The maximum absolute atomic E-state index is 12.3. The number of carbonyl (C=O) groups excluding carboxylic acids is 1. The van der Waals surface area contributed by atoms with Crippen LogP contribution in [0.15, 0.2) is 36.4 Å². The number of para-hydroxylation sites is 1. The van der Waals surface area contributed by atoms with Crippen LogP contribution >= 0.6 is 0 Å². The number of rotatable bonds is 5. The molecule has 0 atom stereocenters. The minimum atomic E-state index is -0.266. The van der Waals surface area contributed by atoms with Crippen molar-refractivity contribution in [1.82, 2.24) is 25.0 Å². The minimum Gasteiger partial charge on any atom is -0.340 e. The molecule has 1 aliphatic rings. The molecule has 0 bridgehead atoms. The number of nitrogens with zero attached hydrogens (tertiary/aromatic N) is 5. The summed E-state index contributed by atoms with van der Waals surface area (Å²) in [5.41, 5.74) is 3.76. The summed E-state index contributed by atoms with van der Waals surface area (Å²) in [4.78, 5) is 18.9. The molecule has 4 rings (SSSR count). The highest BCUT2D eigenvalue weighted by molar-refractivity contribution is 6.01. The molecule has 0 aliphatic carbocycles. The van der Waals surface area contributed by atoms with Gasteiger partial charge in [0, 0.05) is 30.4 Å². The minimum absolute atomic E-state index is 0.266. The number of nitrogens with one attached hydrogen (secondary N) is 2. The number of hydrogen-bond acceptors (Lipinski definition) is 5.